The quantitative estimate of drug-likeness (QED) is 0.749. The first kappa shape index (κ1) is 13.9. The molecule has 0 radical (unpaired) electrons. The molecule has 1 aliphatic heterocycles. The van der Waals surface area contributed by atoms with E-state index in [1.165, 1.54) is 12.8 Å². The maximum Gasteiger partial charge on any atom is 0.0702 e. The second-order valence-electron chi connectivity index (χ2n) is 5.54. The highest BCUT2D eigenvalue weighted by Crippen LogP contribution is 2.25. The average molecular weight is 228 g/mol. The highest BCUT2D eigenvalue weighted by atomic mass is 16.5. The molecule has 1 N–H and O–H groups in total. The van der Waals surface area contributed by atoms with Crippen molar-refractivity contribution >= 4 is 0 Å². The molecule has 0 amide bonds. The van der Waals surface area contributed by atoms with E-state index >= 15 is 0 Å². The van der Waals surface area contributed by atoms with E-state index in [0.717, 1.165) is 19.7 Å². The SMILES string of the molecule is CCC(C)(CNC)CN(C)C1CCOC1C. The van der Waals surface area contributed by atoms with Crippen LogP contribution in [-0.2, 0) is 4.74 Å². The van der Waals surface area contributed by atoms with Gasteiger partial charge in [0, 0.05) is 25.7 Å². The van der Waals surface area contributed by atoms with E-state index in [1.807, 2.05) is 7.05 Å². The maximum atomic E-state index is 5.64. The van der Waals surface area contributed by atoms with E-state index < -0.39 is 0 Å². The predicted molar refractivity (Wildman–Crippen MR) is 68.8 cm³/mol. The van der Waals surface area contributed by atoms with Gasteiger partial charge in [-0.15, -0.1) is 0 Å². The predicted octanol–water partition coefficient (Wildman–Crippen LogP) is 1.73. The van der Waals surface area contributed by atoms with Crippen molar-refractivity contribution in [1.82, 2.24) is 10.2 Å². The lowest BCUT2D eigenvalue weighted by Crippen LogP contribution is -2.45. The Morgan fingerprint density at radius 2 is 2.19 bits per heavy atom. The summed E-state index contributed by atoms with van der Waals surface area (Å²) in [6.07, 6.45) is 2.78. The third kappa shape index (κ3) is 3.44. The van der Waals surface area contributed by atoms with Crippen molar-refractivity contribution in [3.05, 3.63) is 0 Å². The molecule has 0 saturated carbocycles. The van der Waals surface area contributed by atoms with Crippen LogP contribution in [0.2, 0.25) is 0 Å². The van der Waals surface area contributed by atoms with Crippen LogP contribution in [0.25, 0.3) is 0 Å². The molecule has 3 atom stereocenters. The van der Waals surface area contributed by atoms with Gasteiger partial charge in [0.1, 0.15) is 0 Å². The fourth-order valence-corrected chi connectivity index (χ4v) is 2.74. The number of nitrogens with zero attached hydrogens (tertiary/aromatic N) is 1. The average Bonchev–Trinajstić information content (AvgIpc) is 2.65. The molecule has 3 heteroatoms. The van der Waals surface area contributed by atoms with Gasteiger partial charge in [0.15, 0.2) is 0 Å². The molecular formula is C13H28N2O. The summed E-state index contributed by atoms with van der Waals surface area (Å²) in [4.78, 5) is 2.48. The van der Waals surface area contributed by atoms with E-state index in [1.54, 1.807) is 0 Å². The van der Waals surface area contributed by atoms with Crippen molar-refractivity contribution < 1.29 is 4.74 Å². The minimum Gasteiger partial charge on any atom is -0.377 e. The minimum absolute atomic E-state index is 0.367. The topological polar surface area (TPSA) is 24.5 Å². The molecule has 16 heavy (non-hydrogen) atoms. The summed E-state index contributed by atoms with van der Waals surface area (Å²) in [6.45, 7) is 9.97. The van der Waals surface area contributed by atoms with Crippen LogP contribution in [0.3, 0.4) is 0 Å². The molecule has 0 aliphatic carbocycles. The third-order valence-electron chi connectivity index (χ3n) is 3.99. The Balaban J connectivity index is 2.50. The van der Waals surface area contributed by atoms with Gasteiger partial charge in [-0.3, -0.25) is 0 Å². The normalized spacial score (nSPS) is 29.6. The van der Waals surface area contributed by atoms with Gasteiger partial charge in [0.2, 0.25) is 0 Å². The first-order valence-corrected chi connectivity index (χ1v) is 6.49. The van der Waals surface area contributed by atoms with Crippen LogP contribution in [0.4, 0.5) is 0 Å². The molecule has 1 heterocycles. The fraction of sp³-hybridized carbons (Fsp3) is 1.00. The summed E-state index contributed by atoms with van der Waals surface area (Å²) in [5.74, 6) is 0. The first-order chi connectivity index (χ1) is 7.52. The lowest BCUT2D eigenvalue weighted by molar-refractivity contribution is 0.0656. The summed E-state index contributed by atoms with van der Waals surface area (Å²) < 4.78 is 5.64. The summed E-state index contributed by atoms with van der Waals surface area (Å²) >= 11 is 0. The smallest absolute Gasteiger partial charge is 0.0702 e. The Bertz CT molecular complexity index is 210. The molecular weight excluding hydrogens is 200 g/mol. The van der Waals surface area contributed by atoms with E-state index in [4.69, 9.17) is 4.74 Å². The van der Waals surface area contributed by atoms with Gasteiger partial charge in [0.25, 0.3) is 0 Å². The summed E-state index contributed by atoms with van der Waals surface area (Å²) in [7, 11) is 4.27. The van der Waals surface area contributed by atoms with Gasteiger partial charge in [-0.05, 0) is 39.3 Å². The van der Waals surface area contributed by atoms with Gasteiger partial charge < -0.3 is 15.0 Å². The van der Waals surface area contributed by atoms with Crippen molar-refractivity contribution in [2.24, 2.45) is 5.41 Å². The van der Waals surface area contributed by atoms with Crippen LogP contribution in [-0.4, -0.2) is 50.8 Å². The molecule has 0 aromatic rings. The third-order valence-corrected chi connectivity index (χ3v) is 3.99. The number of nitrogens with one attached hydrogen (secondary N) is 1. The zero-order chi connectivity index (χ0) is 12.2. The molecule has 0 bridgehead atoms. The summed E-state index contributed by atoms with van der Waals surface area (Å²) in [5.41, 5.74) is 0.367. The Kier molecular flexibility index (Phi) is 5.22. The standard InChI is InChI=1S/C13H28N2O/c1-6-13(3,9-14-4)10-15(5)12-7-8-16-11(12)2/h11-12,14H,6-10H2,1-5H3. The van der Waals surface area contributed by atoms with Gasteiger partial charge in [-0.1, -0.05) is 13.8 Å². The molecule has 0 spiro atoms. The number of hydrogen-bond acceptors (Lipinski definition) is 3. The van der Waals surface area contributed by atoms with Crippen molar-refractivity contribution in [2.75, 3.05) is 33.8 Å². The Morgan fingerprint density at radius 1 is 1.50 bits per heavy atom. The molecule has 1 aliphatic rings. The van der Waals surface area contributed by atoms with Crippen LogP contribution >= 0.6 is 0 Å². The monoisotopic (exact) mass is 228 g/mol. The van der Waals surface area contributed by atoms with E-state index in [9.17, 15) is 0 Å². The number of likely N-dealkylation sites (N-methyl/N-ethyl adjacent to an activating group) is 1. The van der Waals surface area contributed by atoms with Gasteiger partial charge in [-0.25, -0.2) is 0 Å². The Morgan fingerprint density at radius 3 is 2.62 bits per heavy atom. The maximum absolute atomic E-state index is 5.64. The highest BCUT2D eigenvalue weighted by molar-refractivity contribution is 4.85. The number of rotatable bonds is 6. The molecule has 1 fully saturated rings. The van der Waals surface area contributed by atoms with Crippen LogP contribution in [0.1, 0.15) is 33.6 Å². The van der Waals surface area contributed by atoms with E-state index in [-0.39, 0.29) is 0 Å². The van der Waals surface area contributed by atoms with Gasteiger partial charge in [0.05, 0.1) is 6.10 Å². The Labute approximate surface area is 101 Å². The molecule has 3 nitrogen and oxygen atoms in total. The lowest BCUT2D eigenvalue weighted by atomic mass is 9.86. The van der Waals surface area contributed by atoms with Gasteiger partial charge >= 0.3 is 0 Å². The van der Waals surface area contributed by atoms with Crippen molar-refractivity contribution in [3.63, 3.8) is 0 Å². The largest absolute Gasteiger partial charge is 0.377 e. The highest BCUT2D eigenvalue weighted by Gasteiger charge is 2.32. The zero-order valence-corrected chi connectivity index (χ0v) is 11.5. The van der Waals surface area contributed by atoms with Crippen molar-refractivity contribution in [2.45, 2.75) is 45.8 Å². The van der Waals surface area contributed by atoms with E-state index in [2.05, 4.69) is 38.0 Å². The molecule has 0 aromatic carbocycles. The van der Waals surface area contributed by atoms with Gasteiger partial charge in [-0.2, -0.15) is 0 Å². The summed E-state index contributed by atoms with van der Waals surface area (Å²) in [5, 5.41) is 3.31. The van der Waals surface area contributed by atoms with Crippen LogP contribution < -0.4 is 5.32 Å². The molecule has 1 rings (SSSR count). The van der Waals surface area contributed by atoms with Crippen molar-refractivity contribution in [1.29, 1.82) is 0 Å². The van der Waals surface area contributed by atoms with Crippen LogP contribution in [0.15, 0.2) is 0 Å². The second-order valence-corrected chi connectivity index (χ2v) is 5.54. The lowest BCUT2D eigenvalue weighted by Gasteiger charge is -2.36. The number of ether oxygens (including phenoxy) is 1. The van der Waals surface area contributed by atoms with Crippen LogP contribution in [0, 0.1) is 5.41 Å². The molecule has 3 unspecified atom stereocenters. The molecule has 1 saturated heterocycles. The first-order valence-electron chi connectivity index (χ1n) is 6.49. The minimum atomic E-state index is 0.367. The second kappa shape index (κ2) is 5.99. The number of hydrogen-bond donors (Lipinski definition) is 1. The van der Waals surface area contributed by atoms with Crippen LogP contribution in [0.5, 0.6) is 0 Å². The Hall–Kier alpha value is -0.120. The fourth-order valence-electron chi connectivity index (χ4n) is 2.74. The molecule has 96 valence electrons. The molecule has 0 aromatic heterocycles. The summed E-state index contributed by atoms with van der Waals surface area (Å²) in [6, 6.07) is 0.600. The van der Waals surface area contributed by atoms with E-state index in [0.29, 0.717) is 17.6 Å². The van der Waals surface area contributed by atoms with Crippen molar-refractivity contribution in [3.8, 4) is 0 Å². The zero-order valence-electron chi connectivity index (χ0n) is 11.5.